The molecule has 2 N–H and O–H groups in total. The van der Waals surface area contributed by atoms with Gasteiger partial charge in [-0.25, -0.2) is 0 Å². The van der Waals surface area contributed by atoms with E-state index in [-0.39, 0.29) is 18.3 Å². The number of ether oxygens (including phenoxy) is 1. The lowest BCUT2D eigenvalue weighted by Gasteiger charge is -2.37. The van der Waals surface area contributed by atoms with E-state index in [9.17, 15) is 4.79 Å². The molecule has 0 aliphatic carbocycles. The van der Waals surface area contributed by atoms with Crippen molar-refractivity contribution in [2.24, 2.45) is 0 Å². The predicted octanol–water partition coefficient (Wildman–Crippen LogP) is 1.03. The Morgan fingerprint density at radius 2 is 1.96 bits per heavy atom. The van der Waals surface area contributed by atoms with Crippen LogP contribution in [0.2, 0.25) is 0 Å². The highest BCUT2D eigenvalue weighted by molar-refractivity contribution is 5.92. The van der Waals surface area contributed by atoms with Crippen LogP contribution in [0.3, 0.4) is 0 Å². The van der Waals surface area contributed by atoms with Gasteiger partial charge in [-0.3, -0.25) is 14.6 Å². The number of piperazine rings is 1. The predicted molar refractivity (Wildman–Crippen MR) is 98.2 cm³/mol. The molecule has 1 unspecified atom stereocenters. The van der Waals surface area contributed by atoms with Gasteiger partial charge in [-0.15, -0.1) is 12.4 Å². The second-order valence-corrected chi connectivity index (χ2v) is 6.24. The average molecular weight is 355 g/mol. The summed E-state index contributed by atoms with van der Waals surface area (Å²) in [5.41, 5.74) is 0.812. The van der Waals surface area contributed by atoms with Gasteiger partial charge in [0.1, 0.15) is 5.75 Å². The van der Waals surface area contributed by atoms with Gasteiger partial charge in [0.2, 0.25) is 5.91 Å². The van der Waals surface area contributed by atoms with E-state index in [1.807, 2.05) is 24.3 Å². The first-order valence-electron chi connectivity index (χ1n) is 8.35. The molecule has 0 radical (unpaired) electrons. The zero-order chi connectivity index (χ0) is 16.1. The van der Waals surface area contributed by atoms with Crippen LogP contribution >= 0.6 is 12.4 Å². The lowest BCUT2D eigenvalue weighted by Crippen LogP contribution is -2.52. The molecule has 1 amide bonds. The molecule has 0 aromatic heterocycles. The highest BCUT2D eigenvalue weighted by atomic mass is 35.5. The molecule has 2 fully saturated rings. The molecular weight excluding hydrogens is 328 g/mol. The minimum Gasteiger partial charge on any atom is -0.497 e. The third-order valence-electron chi connectivity index (χ3n) is 4.70. The Labute approximate surface area is 149 Å². The average Bonchev–Trinajstić information content (AvgIpc) is 3.11. The SMILES string of the molecule is COc1ccc(NC(=O)CN2CCN(C3CCNC3)CC2)cc1.Cl. The summed E-state index contributed by atoms with van der Waals surface area (Å²) in [6.45, 7) is 6.75. The fourth-order valence-corrected chi connectivity index (χ4v) is 3.32. The maximum absolute atomic E-state index is 12.2. The van der Waals surface area contributed by atoms with Crippen molar-refractivity contribution >= 4 is 24.0 Å². The Kier molecular flexibility index (Phi) is 7.30. The standard InChI is InChI=1S/C17H26N4O2.ClH/c1-23-16-4-2-14(3-5-16)19-17(22)13-20-8-10-21(11-9-20)15-6-7-18-12-15;/h2-5,15,18H,6-13H2,1H3,(H,19,22);1H. The quantitative estimate of drug-likeness (QED) is 0.827. The van der Waals surface area contributed by atoms with Gasteiger partial charge in [0.15, 0.2) is 0 Å². The largest absolute Gasteiger partial charge is 0.497 e. The molecule has 6 nitrogen and oxygen atoms in total. The monoisotopic (exact) mass is 354 g/mol. The number of methoxy groups -OCH3 is 1. The first kappa shape index (κ1) is 19.0. The molecule has 2 aliphatic heterocycles. The van der Waals surface area contributed by atoms with Crippen molar-refractivity contribution < 1.29 is 9.53 Å². The van der Waals surface area contributed by atoms with Crippen LogP contribution in [0.5, 0.6) is 5.75 Å². The summed E-state index contributed by atoms with van der Waals surface area (Å²) < 4.78 is 5.12. The fourth-order valence-electron chi connectivity index (χ4n) is 3.32. The summed E-state index contributed by atoms with van der Waals surface area (Å²) >= 11 is 0. The number of rotatable bonds is 5. The van der Waals surface area contributed by atoms with E-state index < -0.39 is 0 Å². The molecule has 134 valence electrons. The molecule has 3 rings (SSSR count). The fraction of sp³-hybridized carbons (Fsp3) is 0.588. The molecule has 24 heavy (non-hydrogen) atoms. The van der Waals surface area contributed by atoms with E-state index in [0.29, 0.717) is 12.6 Å². The van der Waals surface area contributed by atoms with E-state index in [4.69, 9.17) is 4.74 Å². The van der Waals surface area contributed by atoms with Crippen molar-refractivity contribution in [2.45, 2.75) is 12.5 Å². The van der Waals surface area contributed by atoms with Crippen molar-refractivity contribution in [3.63, 3.8) is 0 Å². The molecular formula is C17H27ClN4O2. The number of hydrogen-bond acceptors (Lipinski definition) is 5. The van der Waals surface area contributed by atoms with Gasteiger partial charge in [0.05, 0.1) is 13.7 Å². The number of nitrogens with one attached hydrogen (secondary N) is 2. The molecule has 0 spiro atoms. The van der Waals surface area contributed by atoms with E-state index in [1.165, 1.54) is 6.42 Å². The lowest BCUT2D eigenvalue weighted by molar-refractivity contribution is -0.117. The first-order valence-corrected chi connectivity index (χ1v) is 8.35. The molecule has 2 saturated heterocycles. The number of benzene rings is 1. The molecule has 7 heteroatoms. The van der Waals surface area contributed by atoms with Crippen LogP contribution in [0.1, 0.15) is 6.42 Å². The molecule has 0 bridgehead atoms. The Hall–Kier alpha value is -1.34. The zero-order valence-corrected chi connectivity index (χ0v) is 15.0. The second-order valence-electron chi connectivity index (χ2n) is 6.24. The van der Waals surface area contributed by atoms with Crippen LogP contribution < -0.4 is 15.4 Å². The number of hydrogen-bond donors (Lipinski definition) is 2. The summed E-state index contributed by atoms with van der Waals surface area (Å²) in [5.74, 6) is 0.840. The van der Waals surface area contributed by atoms with E-state index in [0.717, 1.165) is 50.7 Å². The van der Waals surface area contributed by atoms with Crippen molar-refractivity contribution in [2.75, 3.05) is 58.2 Å². The highest BCUT2D eigenvalue weighted by Crippen LogP contribution is 2.15. The van der Waals surface area contributed by atoms with Gasteiger partial charge >= 0.3 is 0 Å². The normalized spacial score (nSPS) is 22.0. The van der Waals surface area contributed by atoms with Crippen molar-refractivity contribution in [3.05, 3.63) is 24.3 Å². The van der Waals surface area contributed by atoms with Crippen LogP contribution in [0.4, 0.5) is 5.69 Å². The van der Waals surface area contributed by atoms with Crippen LogP contribution in [-0.2, 0) is 4.79 Å². The van der Waals surface area contributed by atoms with E-state index >= 15 is 0 Å². The number of carbonyl (C=O) groups is 1. The number of anilines is 1. The summed E-state index contributed by atoms with van der Waals surface area (Å²) in [5, 5.41) is 6.37. The van der Waals surface area contributed by atoms with E-state index in [2.05, 4.69) is 20.4 Å². The van der Waals surface area contributed by atoms with E-state index in [1.54, 1.807) is 7.11 Å². The summed E-state index contributed by atoms with van der Waals surface area (Å²) in [7, 11) is 1.63. The molecule has 1 aromatic carbocycles. The van der Waals surface area contributed by atoms with Gasteiger partial charge < -0.3 is 15.4 Å². The summed E-state index contributed by atoms with van der Waals surface area (Å²) in [6, 6.07) is 8.11. The Morgan fingerprint density at radius 1 is 1.25 bits per heavy atom. The van der Waals surface area contributed by atoms with Gasteiger partial charge in [-0.1, -0.05) is 0 Å². The smallest absolute Gasteiger partial charge is 0.238 e. The molecule has 1 atom stereocenters. The summed E-state index contributed by atoms with van der Waals surface area (Å²) in [4.78, 5) is 17.0. The minimum atomic E-state index is 0. The Morgan fingerprint density at radius 3 is 2.54 bits per heavy atom. The van der Waals surface area contributed by atoms with Gasteiger partial charge in [0.25, 0.3) is 0 Å². The maximum Gasteiger partial charge on any atom is 0.238 e. The molecule has 2 heterocycles. The molecule has 1 aromatic rings. The first-order chi connectivity index (χ1) is 11.2. The zero-order valence-electron chi connectivity index (χ0n) is 14.2. The number of amides is 1. The Balaban J connectivity index is 0.00000208. The topological polar surface area (TPSA) is 56.8 Å². The van der Waals surface area contributed by atoms with Crippen molar-refractivity contribution in [1.82, 2.24) is 15.1 Å². The van der Waals surface area contributed by atoms with Gasteiger partial charge in [-0.2, -0.15) is 0 Å². The van der Waals surface area contributed by atoms with Crippen LogP contribution in [0, 0.1) is 0 Å². The van der Waals surface area contributed by atoms with Crippen LogP contribution in [0.25, 0.3) is 0 Å². The Bertz CT molecular complexity index is 512. The third kappa shape index (κ3) is 5.08. The maximum atomic E-state index is 12.2. The molecule has 0 saturated carbocycles. The van der Waals surface area contributed by atoms with Crippen molar-refractivity contribution in [1.29, 1.82) is 0 Å². The summed E-state index contributed by atoms with van der Waals surface area (Å²) in [6.07, 6.45) is 1.25. The van der Waals surface area contributed by atoms with Gasteiger partial charge in [0, 0.05) is 44.5 Å². The van der Waals surface area contributed by atoms with Crippen molar-refractivity contribution in [3.8, 4) is 5.75 Å². The second kappa shape index (κ2) is 9.22. The minimum absolute atomic E-state index is 0. The highest BCUT2D eigenvalue weighted by Gasteiger charge is 2.26. The van der Waals surface area contributed by atoms with Crippen LogP contribution in [-0.4, -0.2) is 74.7 Å². The number of nitrogens with zero attached hydrogens (tertiary/aromatic N) is 2. The lowest BCUT2D eigenvalue weighted by atomic mass is 10.2. The molecule has 2 aliphatic rings. The van der Waals surface area contributed by atoms with Crippen LogP contribution in [0.15, 0.2) is 24.3 Å². The third-order valence-corrected chi connectivity index (χ3v) is 4.70. The van der Waals surface area contributed by atoms with Gasteiger partial charge in [-0.05, 0) is 37.2 Å². The number of halogens is 1. The number of carbonyl (C=O) groups excluding carboxylic acids is 1.